The zero-order valence-corrected chi connectivity index (χ0v) is 10.1. The Morgan fingerprint density at radius 3 is 2.20 bits per heavy atom. The predicted octanol–water partition coefficient (Wildman–Crippen LogP) is 2.85. The van der Waals surface area contributed by atoms with E-state index in [2.05, 4.69) is 20.9 Å². The maximum Gasteiger partial charge on any atom is 0.106 e. The highest BCUT2D eigenvalue weighted by molar-refractivity contribution is 9.10. The summed E-state index contributed by atoms with van der Waals surface area (Å²) in [5, 5.41) is 10.8. The van der Waals surface area contributed by atoms with Gasteiger partial charge in [0.2, 0.25) is 0 Å². The number of nitrogens with zero attached hydrogens (tertiary/aromatic N) is 1. The molecule has 3 rings (SSSR count). The van der Waals surface area contributed by atoms with E-state index >= 15 is 0 Å². The molecule has 0 amide bonds. The molecule has 15 heavy (non-hydrogen) atoms. The lowest BCUT2D eigenvalue weighted by molar-refractivity contribution is -0.0105. The van der Waals surface area contributed by atoms with Crippen molar-refractivity contribution >= 4 is 15.9 Å². The zero-order chi connectivity index (χ0) is 10.5. The highest BCUT2D eigenvalue weighted by Gasteiger charge is 2.54. The van der Waals surface area contributed by atoms with Crippen LogP contribution in [0.15, 0.2) is 22.9 Å². The molecule has 1 N–H and O–H groups in total. The molecule has 1 heterocycles. The molecule has 0 bridgehead atoms. The van der Waals surface area contributed by atoms with Crippen LogP contribution in [0, 0.1) is 11.8 Å². The minimum absolute atomic E-state index is 0.480. The van der Waals surface area contributed by atoms with Gasteiger partial charge in [-0.1, -0.05) is 6.07 Å². The van der Waals surface area contributed by atoms with E-state index < -0.39 is 5.60 Å². The average Bonchev–Trinajstić information content (AvgIpc) is 3.07. The third-order valence-electron chi connectivity index (χ3n) is 3.59. The molecule has 0 spiro atoms. The number of rotatable bonds is 3. The Morgan fingerprint density at radius 1 is 1.20 bits per heavy atom. The number of hydrogen-bond acceptors (Lipinski definition) is 2. The summed E-state index contributed by atoms with van der Waals surface area (Å²) in [6, 6.07) is 3.93. The summed E-state index contributed by atoms with van der Waals surface area (Å²) >= 11 is 3.32. The Hall–Kier alpha value is -0.410. The van der Waals surface area contributed by atoms with E-state index in [-0.39, 0.29) is 0 Å². The van der Waals surface area contributed by atoms with Crippen LogP contribution in [0.4, 0.5) is 0 Å². The summed E-state index contributed by atoms with van der Waals surface area (Å²) in [5.74, 6) is 0.959. The van der Waals surface area contributed by atoms with Crippen LogP contribution >= 0.6 is 15.9 Å². The highest BCUT2D eigenvalue weighted by atomic mass is 79.9. The van der Waals surface area contributed by atoms with Gasteiger partial charge in [-0.05, 0) is 59.5 Å². The lowest BCUT2D eigenvalue weighted by Crippen LogP contribution is -2.31. The predicted molar refractivity (Wildman–Crippen MR) is 61.3 cm³/mol. The number of hydrogen-bond donors (Lipinski definition) is 1. The lowest BCUT2D eigenvalue weighted by Gasteiger charge is -2.28. The van der Waals surface area contributed by atoms with Gasteiger partial charge in [-0.25, -0.2) is 4.98 Å². The maximum atomic E-state index is 10.8. The second-order valence-electron chi connectivity index (χ2n) is 4.74. The van der Waals surface area contributed by atoms with Crippen LogP contribution in [-0.2, 0) is 5.60 Å². The summed E-state index contributed by atoms with van der Waals surface area (Å²) in [7, 11) is 0. The molecule has 0 radical (unpaired) electrons. The summed E-state index contributed by atoms with van der Waals surface area (Å²) in [6.07, 6.45) is 6.50. The lowest BCUT2D eigenvalue weighted by atomic mass is 9.85. The molecule has 2 aliphatic rings. The van der Waals surface area contributed by atoms with Gasteiger partial charge in [-0.3, -0.25) is 0 Å². The van der Waals surface area contributed by atoms with E-state index in [9.17, 15) is 5.11 Å². The number of aliphatic hydroxyl groups is 1. The monoisotopic (exact) mass is 267 g/mol. The second-order valence-corrected chi connectivity index (χ2v) is 5.56. The molecule has 0 aromatic carbocycles. The van der Waals surface area contributed by atoms with Crippen molar-refractivity contribution in [2.24, 2.45) is 11.8 Å². The van der Waals surface area contributed by atoms with Crippen molar-refractivity contribution in [3.05, 3.63) is 28.5 Å². The molecule has 2 aliphatic carbocycles. The van der Waals surface area contributed by atoms with Gasteiger partial charge in [-0.2, -0.15) is 0 Å². The fourth-order valence-electron chi connectivity index (χ4n) is 2.46. The van der Waals surface area contributed by atoms with Crippen LogP contribution in [0.25, 0.3) is 0 Å². The molecule has 2 saturated carbocycles. The van der Waals surface area contributed by atoms with Crippen molar-refractivity contribution in [1.82, 2.24) is 4.98 Å². The fourth-order valence-corrected chi connectivity index (χ4v) is 2.70. The highest BCUT2D eigenvalue weighted by Crippen LogP contribution is 2.57. The van der Waals surface area contributed by atoms with Crippen LogP contribution in [0.1, 0.15) is 31.2 Å². The minimum atomic E-state index is -0.576. The van der Waals surface area contributed by atoms with Gasteiger partial charge < -0.3 is 5.11 Å². The van der Waals surface area contributed by atoms with Crippen molar-refractivity contribution in [2.45, 2.75) is 31.3 Å². The zero-order valence-electron chi connectivity index (χ0n) is 8.49. The Labute approximate surface area is 97.9 Å². The van der Waals surface area contributed by atoms with Crippen molar-refractivity contribution in [3.63, 3.8) is 0 Å². The van der Waals surface area contributed by atoms with Crippen molar-refractivity contribution in [3.8, 4) is 0 Å². The summed E-state index contributed by atoms with van der Waals surface area (Å²) in [5.41, 5.74) is 0.434. The number of halogens is 1. The van der Waals surface area contributed by atoms with E-state index in [1.54, 1.807) is 0 Å². The van der Waals surface area contributed by atoms with Crippen LogP contribution in [0.2, 0.25) is 0 Å². The smallest absolute Gasteiger partial charge is 0.106 e. The summed E-state index contributed by atoms with van der Waals surface area (Å²) in [6.45, 7) is 0. The van der Waals surface area contributed by atoms with E-state index in [1.807, 2.05) is 18.3 Å². The molecule has 80 valence electrons. The third kappa shape index (κ3) is 1.62. The molecule has 2 fully saturated rings. The molecular formula is C12H14BrNO. The van der Waals surface area contributed by atoms with Gasteiger partial charge in [0.1, 0.15) is 4.60 Å². The Bertz CT molecular complexity index is 356. The Morgan fingerprint density at radius 2 is 1.80 bits per heavy atom. The summed E-state index contributed by atoms with van der Waals surface area (Å²) in [4.78, 5) is 4.22. The van der Waals surface area contributed by atoms with Gasteiger partial charge in [0, 0.05) is 11.8 Å². The van der Waals surface area contributed by atoms with E-state index in [4.69, 9.17) is 0 Å². The van der Waals surface area contributed by atoms with Gasteiger partial charge in [-0.15, -0.1) is 0 Å². The number of aromatic nitrogens is 1. The van der Waals surface area contributed by atoms with Gasteiger partial charge >= 0.3 is 0 Å². The van der Waals surface area contributed by atoms with E-state index in [0.717, 1.165) is 10.2 Å². The molecule has 2 nitrogen and oxygen atoms in total. The molecule has 0 saturated heterocycles. The molecule has 1 aromatic rings. The first-order valence-corrected chi connectivity index (χ1v) is 6.35. The standard InChI is InChI=1S/C12H14BrNO/c13-11-6-5-10(7-14-11)12(15,8-1-2-8)9-3-4-9/h5-9,15H,1-4H2. The topological polar surface area (TPSA) is 33.1 Å². The van der Waals surface area contributed by atoms with Crippen LogP contribution in [0.5, 0.6) is 0 Å². The van der Waals surface area contributed by atoms with E-state index in [0.29, 0.717) is 11.8 Å². The SMILES string of the molecule is OC(c1ccc(Br)nc1)(C1CC1)C1CC1. The molecule has 1 aromatic heterocycles. The molecule has 0 aliphatic heterocycles. The Balaban J connectivity index is 1.97. The quantitative estimate of drug-likeness (QED) is 0.855. The average molecular weight is 268 g/mol. The largest absolute Gasteiger partial charge is 0.385 e. The first-order chi connectivity index (χ1) is 7.21. The van der Waals surface area contributed by atoms with Gasteiger partial charge in [0.15, 0.2) is 0 Å². The first kappa shape index (κ1) is 9.79. The van der Waals surface area contributed by atoms with E-state index in [1.165, 1.54) is 25.7 Å². The number of pyridine rings is 1. The van der Waals surface area contributed by atoms with Crippen LogP contribution < -0.4 is 0 Å². The van der Waals surface area contributed by atoms with Crippen LogP contribution in [0.3, 0.4) is 0 Å². The Kier molecular flexibility index (Phi) is 2.15. The summed E-state index contributed by atoms with van der Waals surface area (Å²) < 4.78 is 0.834. The van der Waals surface area contributed by atoms with Gasteiger partial charge in [0.05, 0.1) is 5.60 Å². The van der Waals surface area contributed by atoms with Gasteiger partial charge in [0.25, 0.3) is 0 Å². The molecule has 0 atom stereocenters. The molecule has 3 heteroatoms. The normalized spacial score (nSPS) is 21.7. The fraction of sp³-hybridized carbons (Fsp3) is 0.583. The van der Waals surface area contributed by atoms with Crippen molar-refractivity contribution in [1.29, 1.82) is 0 Å². The third-order valence-corrected chi connectivity index (χ3v) is 4.06. The maximum absolute atomic E-state index is 10.8. The second kappa shape index (κ2) is 3.29. The molecular weight excluding hydrogens is 254 g/mol. The molecule has 0 unspecified atom stereocenters. The van der Waals surface area contributed by atoms with Crippen LogP contribution in [-0.4, -0.2) is 10.1 Å². The first-order valence-electron chi connectivity index (χ1n) is 5.55. The van der Waals surface area contributed by atoms with Crippen molar-refractivity contribution < 1.29 is 5.11 Å². The van der Waals surface area contributed by atoms with Crippen molar-refractivity contribution in [2.75, 3.05) is 0 Å². The minimum Gasteiger partial charge on any atom is -0.385 e.